The first-order chi connectivity index (χ1) is 7.33. The minimum atomic E-state index is 0.0565. The lowest BCUT2D eigenvalue weighted by atomic mass is 10.2. The molecular weight excluding hydrogens is 192 g/mol. The number of anilines is 1. The van der Waals surface area contributed by atoms with Crippen molar-refractivity contribution < 1.29 is 5.11 Å². The van der Waals surface area contributed by atoms with E-state index in [2.05, 4.69) is 26.5 Å². The average Bonchev–Trinajstić information content (AvgIpc) is 2.30. The van der Waals surface area contributed by atoms with Crippen molar-refractivity contribution in [3.8, 4) is 5.88 Å². The molecule has 2 heterocycles. The van der Waals surface area contributed by atoms with E-state index in [-0.39, 0.29) is 5.88 Å². The summed E-state index contributed by atoms with van der Waals surface area (Å²) in [6, 6.07) is 0. The Kier molecular flexibility index (Phi) is 3.01. The van der Waals surface area contributed by atoms with Crippen LogP contribution in [0.15, 0.2) is 0 Å². The highest BCUT2D eigenvalue weighted by atomic mass is 16.3. The first-order valence-corrected chi connectivity index (χ1v) is 5.24. The molecule has 2 N–H and O–H groups in total. The fourth-order valence-electron chi connectivity index (χ4n) is 1.81. The standard InChI is InChI=1S/C10H15N4O/c1-2-8-9(12-7-13-10(8)15)14-5-3-11-4-6-14/h11H,2-6H2,1H3,(H,12,13,15). The number of rotatable bonds is 2. The normalized spacial score (nSPS) is 16.7. The van der Waals surface area contributed by atoms with E-state index in [4.69, 9.17) is 0 Å². The molecule has 1 radical (unpaired) electrons. The van der Waals surface area contributed by atoms with Crippen molar-refractivity contribution in [2.24, 2.45) is 0 Å². The van der Waals surface area contributed by atoms with Crippen molar-refractivity contribution >= 4 is 5.82 Å². The number of aromatic hydroxyl groups is 1. The molecule has 0 aliphatic carbocycles. The van der Waals surface area contributed by atoms with Crippen LogP contribution in [0, 0.1) is 6.33 Å². The van der Waals surface area contributed by atoms with Crippen LogP contribution in [0.5, 0.6) is 5.88 Å². The predicted molar refractivity (Wildman–Crippen MR) is 57.0 cm³/mol. The van der Waals surface area contributed by atoms with Gasteiger partial charge in [-0.2, -0.15) is 4.98 Å². The molecule has 5 heteroatoms. The Balaban J connectivity index is 2.29. The average molecular weight is 207 g/mol. The van der Waals surface area contributed by atoms with Crippen LogP contribution in [0.4, 0.5) is 5.82 Å². The molecular formula is C10H15N4O. The van der Waals surface area contributed by atoms with E-state index in [1.165, 1.54) is 0 Å². The van der Waals surface area contributed by atoms with Gasteiger partial charge in [0, 0.05) is 26.2 Å². The zero-order valence-corrected chi connectivity index (χ0v) is 8.82. The van der Waals surface area contributed by atoms with Crippen molar-refractivity contribution in [3.63, 3.8) is 0 Å². The van der Waals surface area contributed by atoms with Gasteiger partial charge in [0.1, 0.15) is 5.82 Å². The van der Waals surface area contributed by atoms with Gasteiger partial charge < -0.3 is 15.3 Å². The molecule has 1 saturated heterocycles. The molecule has 0 atom stereocenters. The van der Waals surface area contributed by atoms with E-state index in [1.54, 1.807) is 0 Å². The number of hydrogen-bond acceptors (Lipinski definition) is 5. The van der Waals surface area contributed by atoms with Crippen LogP contribution in [0.1, 0.15) is 12.5 Å². The Morgan fingerprint density at radius 3 is 2.80 bits per heavy atom. The van der Waals surface area contributed by atoms with Crippen molar-refractivity contribution in [2.75, 3.05) is 31.1 Å². The van der Waals surface area contributed by atoms with Crippen LogP contribution in [-0.2, 0) is 6.42 Å². The van der Waals surface area contributed by atoms with Crippen molar-refractivity contribution in [2.45, 2.75) is 13.3 Å². The lowest BCUT2D eigenvalue weighted by Gasteiger charge is -2.29. The molecule has 0 aromatic carbocycles. The van der Waals surface area contributed by atoms with Crippen LogP contribution in [0.25, 0.3) is 0 Å². The van der Waals surface area contributed by atoms with Gasteiger partial charge in [-0.3, -0.25) is 0 Å². The highest BCUT2D eigenvalue weighted by Gasteiger charge is 2.17. The molecule has 0 saturated carbocycles. The molecule has 2 rings (SSSR count). The summed E-state index contributed by atoms with van der Waals surface area (Å²) < 4.78 is 0. The van der Waals surface area contributed by atoms with Gasteiger partial charge in [-0.1, -0.05) is 6.92 Å². The van der Waals surface area contributed by atoms with E-state index in [0.717, 1.165) is 44.0 Å². The van der Waals surface area contributed by atoms with Crippen molar-refractivity contribution in [1.82, 2.24) is 15.3 Å². The maximum atomic E-state index is 9.60. The Morgan fingerprint density at radius 1 is 1.40 bits per heavy atom. The van der Waals surface area contributed by atoms with E-state index >= 15 is 0 Å². The number of aromatic nitrogens is 2. The molecule has 15 heavy (non-hydrogen) atoms. The Hall–Kier alpha value is -1.36. The second kappa shape index (κ2) is 4.44. The predicted octanol–water partition coefficient (Wildman–Crippen LogP) is -0.0456. The highest BCUT2D eigenvalue weighted by molar-refractivity contribution is 5.50. The van der Waals surface area contributed by atoms with Crippen molar-refractivity contribution in [1.29, 1.82) is 0 Å². The maximum Gasteiger partial charge on any atom is 0.219 e. The zero-order valence-electron chi connectivity index (χ0n) is 8.82. The summed E-state index contributed by atoms with van der Waals surface area (Å²) in [6.45, 7) is 5.72. The summed E-state index contributed by atoms with van der Waals surface area (Å²) in [5, 5.41) is 12.9. The number of nitrogens with one attached hydrogen (secondary N) is 1. The van der Waals surface area contributed by atoms with Gasteiger partial charge in [-0.15, -0.1) is 0 Å². The van der Waals surface area contributed by atoms with Gasteiger partial charge in [0.15, 0.2) is 0 Å². The van der Waals surface area contributed by atoms with Gasteiger partial charge in [-0.05, 0) is 6.42 Å². The molecule has 1 aliphatic heterocycles. The summed E-state index contributed by atoms with van der Waals surface area (Å²) >= 11 is 0. The quantitative estimate of drug-likeness (QED) is 0.712. The Morgan fingerprint density at radius 2 is 2.13 bits per heavy atom. The van der Waals surface area contributed by atoms with Gasteiger partial charge in [0.25, 0.3) is 0 Å². The lowest BCUT2D eigenvalue weighted by Crippen LogP contribution is -2.44. The number of piperazine rings is 1. The number of nitrogens with zero attached hydrogens (tertiary/aromatic N) is 3. The van der Waals surface area contributed by atoms with Crippen LogP contribution < -0.4 is 10.2 Å². The van der Waals surface area contributed by atoms with Crippen LogP contribution in [-0.4, -0.2) is 41.3 Å². The van der Waals surface area contributed by atoms with Gasteiger partial charge >= 0.3 is 0 Å². The third kappa shape index (κ3) is 2.02. The summed E-state index contributed by atoms with van der Waals surface area (Å²) in [4.78, 5) is 9.98. The molecule has 5 nitrogen and oxygen atoms in total. The van der Waals surface area contributed by atoms with E-state index in [1.807, 2.05) is 6.92 Å². The maximum absolute atomic E-state index is 9.60. The topological polar surface area (TPSA) is 61.3 Å². The first-order valence-electron chi connectivity index (χ1n) is 5.24. The summed E-state index contributed by atoms with van der Waals surface area (Å²) in [5.74, 6) is 0.882. The van der Waals surface area contributed by atoms with Gasteiger partial charge in [0.05, 0.1) is 5.56 Å². The fraction of sp³-hybridized carbons (Fsp3) is 0.600. The fourth-order valence-corrected chi connectivity index (χ4v) is 1.81. The lowest BCUT2D eigenvalue weighted by molar-refractivity contribution is 0.443. The molecule has 0 amide bonds. The summed E-state index contributed by atoms with van der Waals surface area (Å²) in [7, 11) is 0. The minimum Gasteiger partial charge on any atom is -0.493 e. The molecule has 1 aromatic rings. The van der Waals surface area contributed by atoms with E-state index in [0.29, 0.717) is 0 Å². The number of hydrogen-bond donors (Lipinski definition) is 2. The molecule has 81 valence electrons. The monoisotopic (exact) mass is 207 g/mol. The van der Waals surface area contributed by atoms with E-state index < -0.39 is 0 Å². The van der Waals surface area contributed by atoms with Gasteiger partial charge in [-0.25, -0.2) is 4.98 Å². The van der Waals surface area contributed by atoms with E-state index in [9.17, 15) is 5.11 Å². The minimum absolute atomic E-state index is 0.0565. The van der Waals surface area contributed by atoms with Crippen molar-refractivity contribution in [3.05, 3.63) is 11.9 Å². The molecule has 0 bridgehead atoms. The first kappa shape index (κ1) is 10.2. The third-order valence-corrected chi connectivity index (χ3v) is 2.62. The summed E-state index contributed by atoms with van der Waals surface area (Å²) in [6.07, 6.45) is 3.23. The summed E-state index contributed by atoms with van der Waals surface area (Å²) in [5.41, 5.74) is 0.815. The largest absolute Gasteiger partial charge is 0.493 e. The SMILES string of the molecule is CCc1c(O)n[c]nc1N1CCNCC1. The molecule has 1 fully saturated rings. The van der Waals surface area contributed by atoms with Crippen LogP contribution >= 0.6 is 0 Å². The molecule has 0 unspecified atom stereocenters. The van der Waals surface area contributed by atoms with Gasteiger partial charge in [0.2, 0.25) is 12.2 Å². The third-order valence-electron chi connectivity index (χ3n) is 2.62. The van der Waals surface area contributed by atoms with Crippen LogP contribution in [0.3, 0.4) is 0 Å². The molecule has 1 aliphatic rings. The van der Waals surface area contributed by atoms with Crippen LogP contribution in [0.2, 0.25) is 0 Å². The molecule has 0 spiro atoms. The second-order valence-electron chi connectivity index (χ2n) is 3.54. The Bertz CT molecular complexity index is 336. The Labute approximate surface area is 89.2 Å². The molecule has 1 aromatic heterocycles. The highest BCUT2D eigenvalue weighted by Crippen LogP contribution is 2.24. The zero-order chi connectivity index (χ0) is 10.7. The smallest absolute Gasteiger partial charge is 0.219 e. The second-order valence-corrected chi connectivity index (χ2v) is 3.54.